The topological polar surface area (TPSA) is 87.2 Å². The number of hydrogen-bond acceptors (Lipinski definition) is 5. The Hall–Kier alpha value is -3.71. The Labute approximate surface area is 179 Å². The molecule has 1 fully saturated rings. The average molecular weight is 418 g/mol. The van der Waals surface area contributed by atoms with Gasteiger partial charge in [0, 0.05) is 31.3 Å². The maximum absolute atomic E-state index is 13.9. The van der Waals surface area contributed by atoms with Crippen LogP contribution in [-0.4, -0.2) is 54.4 Å². The van der Waals surface area contributed by atoms with Crippen molar-refractivity contribution in [2.75, 3.05) is 31.7 Å². The molecular weight excluding hydrogens is 396 g/mol. The predicted molar refractivity (Wildman–Crippen MR) is 115 cm³/mol. The van der Waals surface area contributed by atoms with Crippen LogP contribution < -0.4 is 4.90 Å². The quantitative estimate of drug-likeness (QED) is 0.337. The van der Waals surface area contributed by atoms with E-state index >= 15 is 0 Å². The smallest absolute Gasteiger partial charge is 0.296 e. The summed E-state index contributed by atoms with van der Waals surface area (Å²) in [5.74, 6) is -2.62. The SMILES string of the molecule is C=CCN1C(=O)[C@@]2(C(=C(O)c3ccccc3)C(=O)C(=O)N2CCOC)c2ccccc21. The minimum Gasteiger partial charge on any atom is -0.507 e. The van der Waals surface area contributed by atoms with Gasteiger partial charge in [-0.2, -0.15) is 0 Å². The normalized spacial score (nSPS) is 21.8. The molecule has 2 aromatic rings. The predicted octanol–water partition coefficient (Wildman–Crippen LogP) is 2.44. The van der Waals surface area contributed by atoms with Crippen LogP contribution in [0.5, 0.6) is 0 Å². The van der Waals surface area contributed by atoms with Crippen molar-refractivity contribution in [3.05, 3.63) is 84.0 Å². The summed E-state index contributed by atoms with van der Waals surface area (Å²) < 4.78 is 5.14. The fourth-order valence-electron chi connectivity index (χ4n) is 4.40. The Kier molecular flexibility index (Phi) is 5.20. The lowest BCUT2D eigenvalue weighted by molar-refractivity contribution is -0.144. The summed E-state index contributed by atoms with van der Waals surface area (Å²) >= 11 is 0. The summed E-state index contributed by atoms with van der Waals surface area (Å²) in [7, 11) is 1.47. The molecule has 1 atom stereocenters. The number of likely N-dealkylation sites (tertiary alicyclic amines) is 1. The summed E-state index contributed by atoms with van der Waals surface area (Å²) in [5.41, 5.74) is -0.625. The number of hydrogen-bond donors (Lipinski definition) is 1. The minimum absolute atomic E-state index is 0.00858. The van der Waals surface area contributed by atoms with Gasteiger partial charge < -0.3 is 19.6 Å². The zero-order valence-electron chi connectivity index (χ0n) is 17.1. The molecule has 0 radical (unpaired) electrons. The van der Waals surface area contributed by atoms with Crippen LogP contribution in [0.2, 0.25) is 0 Å². The zero-order valence-corrected chi connectivity index (χ0v) is 17.1. The molecule has 7 nitrogen and oxygen atoms in total. The monoisotopic (exact) mass is 418 g/mol. The molecule has 0 aromatic heterocycles. The Bertz CT molecular complexity index is 1110. The van der Waals surface area contributed by atoms with E-state index in [1.165, 1.54) is 16.9 Å². The van der Waals surface area contributed by atoms with Gasteiger partial charge in [0.15, 0.2) is 5.54 Å². The van der Waals surface area contributed by atoms with Crippen LogP contribution in [0.25, 0.3) is 5.76 Å². The second-order valence-electron chi connectivity index (χ2n) is 7.30. The lowest BCUT2D eigenvalue weighted by Gasteiger charge is -2.34. The number of ether oxygens (including phenoxy) is 1. The van der Waals surface area contributed by atoms with Crippen LogP contribution in [-0.2, 0) is 24.7 Å². The first-order valence-electron chi connectivity index (χ1n) is 9.86. The van der Waals surface area contributed by atoms with Gasteiger partial charge in [-0.25, -0.2) is 0 Å². The Morgan fingerprint density at radius 1 is 1.10 bits per heavy atom. The third kappa shape index (κ3) is 2.81. The van der Waals surface area contributed by atoms with Crippen molar-refractivity contribution in [1.29, 1.82) is 0 Å². The number of aliphatic hydroxyl groups is 1. The highest BCUT2D eigenvalue weighted by molar-refractivity contribution is 6.50. The molecule has 2 aliphatic heterocycles. The van der Waals surface area contributed by atoms with Crippen LogP contribution in [0.4, 0.5) is 5.69 Å². The maximum Gasteiger partial charge on any atom is 0.296 e. The fraction of sp³-hybridized carbons (Fsp3) is 0.208. The Balaban J connectivity index is 2.07. The van der Waals surface area contributed by atoms with Crippen molar-refractivity contribution < 1.29 is 24.2 Å². The first kappa shape index (κ1) is 20.6. The minimum atomic E-state index is -1.77. The van der Waals surface area contributed by atoms with E-state index in [1.807, 2.05) is 0 Å². The van der Waals surface area contributed by atoms with E-state index < -0.39 is 23.1 Å². The standard InChI is InChI=1S/C24H22N2O5/c1-3-13-25-18-12-8-7-11-17(18)24(23(25)30)19(20(27)16-9-5-4-6-10-16)21(28)22(29)26(24)14-15-31-2/h3-12,27H,1,13-15H2,2H3/t24-/m0/s1. The van der Waals surface area contributed by atoms with Crippen molar-refractivity contribution in [2.45, 2.75) is 5.54 Å². The third-order valence-corrected chi connectivity index (χ3v) is 5.69. The molecule has 1 spiro atoms. The van der Waals surface area contributed by atoms with Gasteiger partial charge in [-0.1, -0.05) is 54.6 Å². The largest absolute Gasteiger partial charge is 0.507 e. The van der Waals surface area contributed by atoms with Crippen LogP contribution in [0.1, 0.15) is 11.1 Å². The fourth-order valence-corrected chi connectivity index (χ4v) is 4.40. The van der Waals surface area contributed by atoms with E-state index in [0.29, 0.717) is 16.8 Å². The van der Waals surface area contributed by atoms with Gasteiger partial charge in [0.25, 0.3) is 17.6 Å². The van der Waals surface area contributed by atoms with E-state index in [0.717, 1.165) is 0 Å². The van der Waals surface area contributed by atoms with Gasteiger partial charge >= 0.3 is 0 Å². The van der Waals surface area contributed by atoms with Crippen molar-refractivity contribution in [2.24, 2.45) is 0 Å². The molecule has 1 N–H and O–H groups in total. The number of aliphatic hydroxyl groups excluding tert-OH is 1. The van der Waals surface area contributed by atoms with Crippen molar-refractivity contribution in [3.8, 4) is 0 Å². The number of anilines is 1. The van der Waals surface area contributed by atoms with Gasteiger partial charge in [-0.05, 0) is 6.07 Å². The molecule has 2 heterocycles. The molecule has 0 unspecified atom stereocenters. The molecule has 2 aromatic carbocycles. The van der Waals surface area contributed by atoms with Crippen molar-refractivity contribution >= 4 is 29.0 Å². The molecular formula is C24H22N2O5. The molecule has 0 bridgehead atoms. The van der Waals surface area contributed by atoms with Crippen molar-refractivity contribution in [3.63, 3.8) is 0 Å². The number of fused-ring (bicyclic) bond motifs is 2. The second-order valence-corrected chi connectivity index (χ2v) is 7.30. The third-order valence-electron chi connectivity index (χ3n) is 5.69. The lowest BCUT2D eigenvalue weighted by atomic mass is 9.82. The van der Waals surface area contributed by atoms with Crippen molar-refractivity contribution in [1.82, 2.24) is 4.90 Å². The van der Waals surface area contributed by atoms with Gasteiger partial charge in [0.2, 0.25) is 0 Å². The number of ketones is 1. The van der Waals surface area contributed by atoms with Gasteiger partial charge in [0.1, 0.15) is 5.76 Å². The summed E-state index contributed by atoms with van der Waals surface area (Å²) in [6, 6.07) is 15.4. The molecule has 7 heteroatoms. The summed E-state index contributed by atoms with van der Waals surface area (Å²) in [6.45, 7) is 4.05. The number of carbonyl (C=O) groups excluding carboxylic acids is 3. The number of methoxy groups -OCH3 is 1. The average Bonchev–Trinajstić information content (AvgIpc) is 3.17. The van der Waals surface area contributed by atoms with Gasteiger partial charge in [-0.15, -0.1) is 6.58 Å². The van der Waals surface area contributed by atoms with E-state index in [9.17, 15) is 19.5 Å². The number of para-hydroxylation sites is 1. The molecule has 0 saturated carbocycles. The number of amides is 2. The van der Waals surface area contributed by atoms with E-state index in [1.54, 1.807) is 60.7 Å². The highest BCUT2D eigenvalue weighted by Crippen LogP contribution is 2.53. The summed E-state index contributed by atoms with van der Waals surface area (Å²) in [4.78, 5) is 43.0. The molecule has 31 heavy (non-hydrogen) atoms. The first-order chi connectivity index (χ1) is 15.0. The maximum atomic E-state index is 13.9. The van der Waals surface area contributed by atoms with Gasteiger partial charge in [-0.3, -0.25) is 14.4 Å². The zero-order chi connectivity index (χ0) is 22.2. The molecule has 2 aliphatic rings. The molecule has 2 amide bonds. The van der Waals surface area contributed by atoms with Crippen LogP contribution in [0, 0.1) is 0 Å². The summed E-state index contributed by atoms with van der Waals surface area (Å²) in [5, 5.41) is 11.2. The van der Waals surface area contributed by atoms with Crippen LogP contribution >= 0.6 is 0 Å². The number of nitrogens with zero attached hydrogens (tertiary/aromatic N) is 2. The lowest BCUT2D eigenvalue weighted by Crippen LogP contribution is -2.52. The molecule has 4 rings (SSSR count). The van der Waals surface area contributed by atoms with Gasteiger partial charge in [0.05, 0.1) is 17.9 Å². The van der Waals surface area contributed by atoms with E-state index in [-0.39, 0.29) is 31.0 Å². The second kappa shape index (κ2) is 7.85. The first-order valence-corrected chi connectivity index (χ1v) is 9.86. The Morgan fingerprint density at radius 3 is 2.45 bits per heavy atom. The number of carbonyl (C=O) groups is 3. The van der Waals surface area contributed by atoms with Crippen LogP contribution in [0.15, 0.2) is 72.8 Å². The molecule has 0 aliphatic carbocycles. The number of benzene rings is 2. The number of Topliss-reactive ketones (excluding diaryl/α,β-unsaturated/α-hetero) is 1. The molecule has 158 valence electrons. The van der Waals surface area contributed by atoms with E-state index in [2.05, 4.69) is 6.58 Å². The van der Waals surface area contributed by atoms with E-state index in [4.69, 9.17) is 4.74 Å². The van der Waals surface area contributed by atoms with Crippen LogP contribution in [0.3, 0.4) is 0 Å². The Morgan fingerprint density at radius 2 is 1.77 bits per heavy atom. The molecule has 1 saturated heterocycles. The number of rotatable bonds is 6. The summed E-state index contributed by atoms with van der Waals surface area (Å²) in [6.07, 6.45) is 1.58. The highest BCUT2D eigenvalue weighted by Gasteiger charge is 2.66. The highest BCUT2D eigenvalue weighted by atomic mass is 16.5.